The minimum atomic E-state index is 0.409. The molecule has 3 aliphatic rings. The maximum Gasteiger partial charge on any atom is 0.211 e. The van der Waals surface area contributed by atoms with Crippen LogP contribution in [0.4, 0.5) is 11.8 Å². The van der Waals surface area contributed by atoms with Crippen molar-refractivity contribution in [3.8, 4) is 0 Å². The molecule has 1 saturated carbocycles. The molecule has 1 saturated heterocycles. The number of aromatic nitrogens is 5. The number of likely N-dealkylation sites (N-methyl/N-ethyl adjacent to an activating group) is 1. The number of imidazole rings is 1. The van der Waals surface area contributed by atoms with Gasteiger partial charge in [-0.3, -0.25) is 0 Å². The fraction of sp³-hybridized carbons (Fsp3) is 0.462. The Morgan fingerprint density at radius 1 is 1.06 bits per heavy atom. The molecule has 34 heavy (non-hydrogen) atoms. The van der Waals surface area contributed by atoms with E-state index in [1.54, 1.807) is 6.33 Å². The van der Waals surface area contributed by atoms with Crippen molar-refractivity contribution >= 4 is 23.0 Å². The lowest BCUT2D eigenvalue weighted by Crippen LogP contribution is -2.13. The second kappa shape index (κ2) is 8.83. The number of likely N-dealkylation sites (tertiary alicyclic amines) is 1. The molecule has 1 aliphatic heterocycles. The van der Waals surface area contributed by atoms with Gasteiger partial charge in [0.2, 0.25) is 5.95 Å². The number of hydrogen-bond donors (Lipinski definition) is 2. The van der Waals surface area contributed by atoms with Crippen molar-refractivity contribution in [2.45, 2.75) is 43.9 Å². The molecular formula is C26H32N8. The Morgan fingerprint density at radius 2 is 1.97 bits per heavy atom. The number of nitrogens with one attached hydrogen (secondary N) is 2. The van der Waals surface area contributed by atoms with E-state index >= 15 is 0 Å². The molecule has 1 atom stereocenters. The third-order valence-electron chi connectivity index (χ3n) is 7.30. The van der Waals surface area contributed by atoms with Gasteiger partial charge in [0.15, 0.2) is 5.65 Å². The van der Waals surface area contributed by atoms with Gasteiger partial charge < -0.3 is 15.5 Å². The first kappa shape index (κ1) is 21.3. The minimum absolute atomic E-state index is 0.409. The van der Waals surface area contributed by atoms with Crippen LogP contribution in [0.3, 0.4) is 0 Å². The van der Waals surface area contributed by atoms with Crippen LogP contribution < -0.4 is 10.6 Å². The lowest BCUT2D eigenvalue weighted by molar-refractivity contribution is 0.411. The Labute approximate surface area is 200 Å². The lowest BCUT2D eigenvalue weighted by atomic mass is 9.97. The average molecular weight is 457 g/mol. The number of anilines is 2. The molecule has 1 unspecified atom stereocenters. The largest absolute Gasteiger partial charge is 0.366 e. The van der Waals surface area contributed by atoms with Gasteiger partial charge >= 0.3 is 0 Å². The summed E-state index contributed by atoms with van der Waals surface area (Å²) in [5.41, 5.74) is 6.05. The Kier molecular flexibility index (Phi) is 5.53. The van der Waals surface area contributed by atoms with Crippen LogP contribution in [0, 0.1) is 0 Å². The van der Waals surface area contributed by atoms with E-state index in [0.29, 0.717) is 5.92 Å². The first-order valence-electron chi connectivity index (χ1n) is 12.4. The van der Waals surface area contributed by atoms with Gasteiger partial charge in [-0.05, 0) is 74.9 Å². The maximum atomic E-state index is 5.16. The van der Waals surface area contributed by atoms with Crippen LogP contribution >= 0.6 is 0 Å². The van der Waals surface area contributed by atoms with Crippen molar-refractivity contribution in [3.05, 3.63) is 59.5 Å². The van der Waals surface area contributed by atoms with Crippen molar-refractivity contribution in [1.29, 1.82) is 0 Å². The summed E-state index contributed by atoms with van der Waals surface area (Å²) in [5.74, 6) is 3.87. The van der Waals surface area contributed by atoms with E-state index in [1.807, 2.05) is 13.2 Å². The minimum Gasteiger partial charge on any atom is -0.366 e. The number of allylic oxidation sites excluding steroid dienone is 3. The smallest absolute Gasteiger partial charge is 0.211 e. The maximum absolute atomic E-state index is 5.16. The molecule has 0 radical (unpaired) electrons. The molecule has 2 aliphatic carbocycles. The zero-order chi connectivity index (χ0) is 23.1. The molecule has 0 bridgehead atoms. The summed E-state index contributed by atoms with van der Waals surface area (Å²) in [4.78, 5) is 21.1. The van der Waals surface area contributed by atoms with Gasteiger partial charge in [-0.1, -0.05) is 17.7 Å². The predicted octanol–water partition coefficient (Wildman–Crippen LogP) is 4.07. The number of nitrogens with zero attached hydrogens (tertiary/aromatic N) is 6. The van der Waals surface area contributed by atoms with Gasteiger partial charge in [-0.15, -0.1) is 0 Å². The van der Waals surface area contributed by atoms with Gasteiger partial charge in [-0.25, -0.2) is 24.3 Å². The normalized spacial score (nSPS) is 20.9. The second-order valence-electron chi connectivity index (χ2n) is 9.79. The summed E-state index contributed by atoms with van der Waals surface area (Å²) in [6, 6.07) is 4.35. The highest BCUT2D eigenvalue weighted by atomic mass is 15.2. The summed E-state index contributed by atoms with van der Waals surface area (Å²) in [5, 5.41) is 6.75. The fourth-order valence-electron chi connectivity index (χ4n) is 5.21. The van der Waals surface area contributed by atoms with Gasteiger partial charge in [0.05, 0.1) is 5.69 Å². The number of rotatable bonds is 7. The molecule has 2 N–H and O–H groups in total. The van der Waals surface area contributed by atoms with E-state index in [9.17, 15) is 0 Å². The second-order valence-corrected chi connectivity index (χ2v) is 9.79. The lowest BCUT2D eigenvalue weighted by Gasteiger charge is -2.16. The standard InChI is InChI=1S/C26H32N8/c1-27-26-31-16-30-25-23(21-10-12-33(2)15-21)32-24(34(25)26)19-5-3-17(4-6-19)14-29-22-13-20(9-11-28-22)18-7-8-18/h3,5,9,11,13,16,18,21H,4,6-8,10,12,14-15H2,1-2H3,(H,28,29)(H,27,30,31). The van der Waals surface area contributed by atoms with E-state index in [0.717, 1.165) is 73.7 Å². The molecular weight excluding hydrogens is 424 g/mol. The Morgan fingerprint density at radius 3 is 2.71 bits per heavy atom. The van der Waals surface area contributed by atoms with E-state index in [1.165, 1.54) is 29.6 Å². The van der Waals surface area contributed by atoms with Gasteiger partial charge in [0.25, 0.3) is 0 Å². The summed E-state index contributed by atoms with van der Waals surface area (Å²) in [7, 11) is 4.08. The van der Waals surface area contributed by atoms with Crippen molar-refractivity contribution in [3.63, 3.8) is 0 Å². The van der Waals surface area contributed by atoms with Gasteiger partial charge in [0.1, 0.15) is 18.0 Å². The highest BCUT2D eigenvalue weighted by molar-refractivity contribution is 5.69. The fourth-order valence-corrected chi connectivity index (χ4v) is 5.21. The molecule has 0 spiro atoms. The van der Waals surface area contributed by atoms with Crippen LogP contribution in [-0.2, 0) is 0 Å². The predicted molar refractivity (Wildman–Crippen MR) is 135 cm³/mol. The molecule has 3 aromatic heterocycles. The monoisotopic (exact) mass is 456 g/mol. The van der Waals surface area contributed by atoms with Crippen LogP contribution in [-0.4, -0.2) is 63.0 Å². The molecule has 2 fully saturated rings. The highest BCUT2D eigenvalue weighted by Crippen LogP contribution is 2.40. The van der Waals surface area contributed by atoms with Crippen molar-refractivity contribution < 1.29 is 0 Å². The van der Waals surface area contributed by atoms with E-state index in [4.69, 9.17) is 4.98 Å². The third kappa shape index (κ3) is 4.07. The summed E-state index contributed by atoms with van der Waals surface area (Å²) < 4.78 is 2.10. The first-order valence-corrected chi connectivity index (χ1v) is 12.4. The highest BCUT2D eigenvalue weighted by Gasteiger charge is 2.29. The molecule has 176 valence electrons. The van der Waals surface area contributed by atoms with Crippen molar-refractivity contribution in [1.82, 2.24) is 29.2 Å². The van der Waals surface area contributed by atoms with Crippen molar-refractivity contribution in [2.24, 2.45) is 0 Å². The Balaban J connectivity index is 1.25. The van der Waals surface area contributed by atoms with E-state index in [2.05, 4.69) is 66.2 Å². The number of hydrogen-bond acceptors (Lipinski definition) is 7. The summed E-state index contributed by atoms with van der Waals surface area (Å²) in [6.07, 6.45) is 13.7. The Hall–Kier alpha value is -3.26. The molecule has 0 aromatic carbocycles. The topological polar surface area (TPSA) is 83.3 Å². The van der Waals surface area contributed by atoms with Crippen LogP contribution in [0.5, 0.6) is 0 Å². The zero-order valence-electron chi connectivity index (χ0n) is 20.0. The zero-order valence-corrected chi connectivity index (χ0v) is 20.0. The quantitative estimate of drug-likeness (QED) is 0.554. The average Bonchev–Trinajstić information content (AvgIpc) is 3.53. The molecule has 8 heteroatoms. The van der Waals surface area contributed by atoms with Crippen LogP contribution in [0.15, 0.2) is 42.4 Å². The summed E-state index contributed by atoms with van der Waals surface area (Å²) in [6.45, 7) is 2.94. The molecule has 8 nitrogen and oxygen atoms in total. The number of pyridine rings is 1. The molecule has 0 amide bonds. The SMILES string of the molecule is CNc1ncnc2c(C3CCN(C)C3)nc(C3=CC=C(CNc4cc(C5CC5)ccn4)CC3)n12. The Bertz CT molecular complexity index is 1270. The summed E-state index contributed by atoms with van der Waals surface area (Å²) >= 11 is 0. The van der Waals surface area contributed by atoms with Gasteiger partial charge in [-0.2, -0.15) is 0 Å². The van der Waals surface area contributed by atoms with Crippen LogP contribution in [0.1, 0.15) is 61.0 Å². The molecule has 6 rings (SSSR count). The van der Waals surface area contributed by atoms with E-state index < -0.39 is 0 Å². The first-order chi connectivity index (χ1) is 16.7. The van der Waals surface area contributed by atoms with E-state index in [-0.39, 0.29) is 0 Å². The number of fused-ring (bicyclic) bond motifs is 1. The molecule has 4 heterocycles. The van der Waals surface area contributed by atoms with Crippen molar-refractivity contribution in [2.75, 3.05) is 44.4 Å². The van der Waals surface area contributed by atoms with Gasteiger partial charge in [0, 0.05) is 32.3 Å². The van der Waals surface area contributed by atoms with Crippen LogP contribution in [0.25, 0.3) is 11.2 Å². The molecule has 3 aromatic rings. The van der Waals surface area contributed by atoms with Crippen LogP contribution in [0.2, 0.25) is 0 Å². The third-order valence-corrected chi connectivity index (χ3v) is 7.30.